The highest BCUT2D eigenvalue weighted by Crippen LogP contribution is 2.01. The highest BCUT2D eigenvalue weighted by atomic mass is 16.5. The van der Waals surface area contributed by atoms with Crippen molar-refractivity contribution in [3.63, 3.8) is 0 Å². The van der Waals surface area contributed by atoms with E-state index in [1.165, 1.54) is 0 Å². The van der Waals surface area contributed by atoms with Crippen molar-refractivity contribution in [3.05, 3.63) is 17.5 Å². The molecular formula is C7H10N2O2. The molecule has 1 aromatic rings. The van der Waals surface area contributed by atoms with Crippen molar-refractivity contribution in [2.45, 2.75) is 13.5 Å². The lowest BCUT2D eigenvalue weighted by Crippen LogP contribution is -1.99. The lowest BCUT2D eigenvalue weighted by atomic mass is 10.4. The molecule has 0 amide bonds. The fourth-order valence-corrected chi connectivity index (χ4v) is 0.919. The second-order valence-electron chi connectivity index (χ2n) is 2.31. The molecule has 0 bridgehead atoms. The zero-order valence-electron chi connectivity index (χ0n) is 6.57. The maximum absolute atomic E-state index is 9.84. The average molecular weight is 154 g/mol. The second-order valence-corrected chi connectivity index (χ2v) is 2.31. The molecule has 0 radical (unpaired) electrons. The first-order valence-corrected chi connectivity index (χ1v) is 3.29. The molecule has 0 saturated heterocycles. The Hall–Kier alpha value is -1.32. The molecule has 0 unspecified atom stereocenters. The molecule has 0 aliphatic carbocycles. The Morgan fingerprint density at radius 2 is 2.55 bits per heavy atom. The van der Waals surface area contributed by atoms with E-state index in [2.05, 4.69) is 9.84 Å². The predicted octanol–water partition coefficient (Wildman–Crippen LogP) is 0.402. The van der Waals surface area contributed by atoms with Crippen molar-refractivity contribution in [3.8, 4) is 0 Å². The van der Waals surface area contributed by atoms with Gasteiger partial charge in [0.05, 0.1) is 11.4 Å². The van der Waals surface area contributed by atoms with Gasteiger partial charge in [-0.25, -0.2) is 0 Å². The van der Waals surface area contributed by atoms with Crippen LogP contribution in [0.5, 0.6) is 0 Å². The van der Waals surface area contributed by atoms with Gasteiger partial charge in [-0.2, -0.15) is 5.10 Å². The van der Waals surface area contributed by atoms with Gasteiger partial charge in [0.15, 0.2) is 0 Å². The first kappa shape index (κ1) is 7.78. The molecule has 4 heteroatoms. The van der Waals surface area contributed by atoms with E-state index in [0.29, 0.717) is 13.1 Å². The summed E-state index contributed by atoms with van der Waals surface area (Å²) in [7, 11) is 1.82. The molecule has 11 heavy (non-hydrogen) atoms. The molecule has 0 spiro atoms. The first-order valence-electron chi connectivity index (χ1n) is 3.29. The highest BCUT2D eigenvalue weighted by Gasteiger charge is 2.00. The van der Waals surface area contributed by atoms with Crippen LogP contribution in [0.15, 0.2) is 6.07 Å². The average Bonchev–Trinajstić information content (AvgIpc) is 2.26. The summed E-state index contributed by atoms with van der Waals surface area (Å²) in [5.41, 5.74) is 1.83. The number of ether oxygens (including phenoxy) is 1. The Bertz CT molecular complexity index is 255. The largest absolute Gasteiger partial charge is 0.461 e. The van der Waals surface area contributed by atoms with E-state index in [1.54, 1.807) is 4.68 Å². The van der Waals surface area contributed by atoms with Gasteiger partial charge in [-0.05, 0) is 13.0 Å². The van der Waals surface area contributed by atoms with Gasteiger partial charge >= 0.3 is 0 Å². The molecule has 0 fully saturated rings. The number of hydrogen-bond donors (Lipinski definition) is 0. The molecule has 1 aromatic heterocycles. The molecule has 0 aliphatic heterocycles. The number of carbonyl (C=O) groups is 1. The minimum absolute atomic E-state index is 0.292. The van der Waals surface area contributed by atoms with Gasteiger partial charge in [0.25, 0.3) is 6.47 Å². The quantitative estimate of drug-likeness (QED) is 0.592. The van der Waals surface area contributed by atoms with Crippen LogP contribution in [0.2, 0.25) is 0 Å². The first-order chi connectivity index (χ1) is 5.24. The van der Waals surface area contributed by atoms with Crippen LogP contribution in [0, 0.1) is 6.92 Å². The molecule has 0 saturated carbocycles. The van der Waals surface area contributed by atoms with Crippen molar-refractivity contribution in [2.24, 2.45) is 7.05 Å². The van der Waals surface area contributed by atoms with Crippen molar-refractivity contribution in [1.29, 1.82) is 0 Å². The second kappa shape index (κ2) is 3.18. The molecule has 0 atom stereocenters. The summed E-state index contributed by atoms with van der Waals surface area (Å²) in [5.74, 6) is 0. The van der Waals surface area contributed by atoms with Crippen LogP contribution in [-0.2, 0) is 23.2 Å². The van der Waals surface area contributed by atoms with Gasteiger partial charge in [-0.15, -0.1) is 0 Å². The smallest absolute Gasteiger partial charge is 0.293 e. The minimum atomic E-state index is 0.292. The molecular weight excluding hydrogens is 144 g/mol. The number of rotatable bonds is 3. The maximum atomic E-state index is 9.84. The summed E-state index contributed by atoms with van der Waals surface area (Å²) in [6.07, 6.45) is 0. The number of aromatic nitrogens is 2. The van der Waals surface area contributed by atoms with Crippen LogP contribution in [0.25, 0.3) is 0 Å². The van der Waals surface area contributed by atoms with E-state index in [1.807, 2.05) is 20.0 Å². The Morgan fingerprint density at radius 1 is 1.82 bits per heavy atom. The standard InChI is InChI=1S/C7H10N2O2/c1-6-3-7(4-11-5-10)9(2)8-6/h3,5H,4H2,1-2H3. The van der Waals surface area contributed by atoms with E-state index >= 15 is 0 Å². The Labute approximate surface area is 64.8 Å². The van der Waals surface area contributed by atoms with E-state index in [9.17, 15) is 4.79 Å². The minimum Gasteiger partial charge on any atom is -0.461 e. The number of carbonyl (C=O) groups excluding carboxylic acids is 1. The van der Waals surface area contributed by atoms with Crippen LogP contribution >= 0.6 is 0 Å². The highest BCUT2D eigenvalue weighted by molar-refractivity contribution is 5.37. The van der Waals surface area contributed by atoms with Crippen molar-refractivity contribution < 1.29 is 9.53 Å². The zero-order valence-corrected chi connectivity index (χ0v) is 6.57. The Morgan fingerprint density at radius 3 is 3.00 bits per heavy atom. The topological polar surface area (TPSA) is 44.1 Å². The third-order valence-corrected chi connectivity index (χ3v) is 1.40. The van der Waals surface area contributed by atoms with Gasteiger partial charge < -0.3 is 4.74 Å². The SMILES string of the molecule is Cc1cc(COC=O)n(C)n1. The summed E-state index contributed by atoms with van der Waals surface area (Å²) in [6.45, 7) is 2.62. The molecule has 1 rings (SSSR count). The van der Waals surface area contributed by atoms with E-state index in [4.69, 9.17) is 0 Å². The summed E-state index contributed by atoms with van der Waals surface area (Å²) in [6, 6.07) is 1.88. The monoisotopic (exact) mass is 154 g/mol. The Kier molecular flexibility index (Phi) is 2.25. The maximum Gasteiger partial charge on any atom is 0.293 e. The van der Waals surface area contributed by atoms with Crippen molar-refractivity contribution >= 4 is 6.47 Å². The number of aryl methyl sites for hydroxylation is 2. The lowest BCUT2D eigenvalue weighted by Gasteiger charge is -1.97. The summed E-state index contributed by atoms with van der Waals surface area (Å²) < 4.78 is 6.27. The summed E-state index contributed by atoms with van der Waals surface area (Å²) in [4.78, 5) is 9.84. The predicted molar refractivity (Wildman–Crippen MR) is 38.8 cm³/mol. The third-order valence-electron chi connectivity index (χ3n) is 1.40. The van der Waals surface area contributed by atoms with Crippen LogP contribution < -0.4 is 0 Å². The molecule has 0 aliphatic rings. The van der Waals surface area contributed by atoms with Crippen molar-refractivity contribution in [1.82, 2.24) is 9.78 Å². The normalized spacial score (nSPS) is 9.64. The van der Waals surface area contributed by atoms with Crippen LogP contribution in [-0.4, -0.2) is 16.3 Å². The molecule has 0 aromatic carbocycles. The molecule has 0 N–H and O–H groups in total. The number of nitrogens with zero attached hydrogens (tertiary/aromatic N) is 2. The summed E-state index contributed by atoms with van der Waals surface area (Å²) >= 11 is 0. The van der Waals surface area contributed by atoms with E-state index < -0.39 is 0 Å². The molecule has 60 valence electrons. The van der Waals surface area contributed by atoms with E-state index in [-0.39, 0.29) is 0 Å². The van der Waals surface area contributed by atoms with Crippen molar-refractivity contribution in [2.75, 3.05) is 0 Å². The van der Waals surface area contributed by atoms with Gasteiger partial charge in [-0.3, -0.25) is 9.48 Å². The van der Waals surface area contributed by atoms with Crippen LogP contribution in [0.3, 0.4) is 0 Å². The fraction of sp³-hybridized carbons (Fsp3) is 0.429. The van der Waals surface area contributed by atoms with E-state index in [0.717, 1.165) is 11.4 Å². The van der Waals surface area contributed by atoms with Gasteiger partial charge in [0.1, 0.15) is 6.61 Å². The molecule has 1 heterocycles. The van der Waals surface area contributed by atoms with Gasteiger partial charge in [0, 0.05) is 7.05 Å². The van der Waals surface area contributed by atoms with Gasteiger partial charge in [-0.1, -0.05) is 0 Å². The van der Waals surface area contributed by atoms with Gasteiger partial charge in [0.2, 0.25) is 0 Å². The van der Waals surface area contributed by atoms with Crippen LogP contribution in [0.1, 0.15) is 11.4 Å². The Balaban J connectivity index is 2.69. The lowest BCUT2D eigenvalue weighted by molar-refractivity contribution is -0.130. The third kappa shape index (κ3) is 1.80. The number of hydrogen-bond acceptors (Lipinski definition) is 3. The fourth-order valence-electron chi connectivity index (χ4n) is 0.919. The zero-order chi connectivity index (χ0) is 8.27. The van der Waals surface area contributed by atoms with Crippen LogP contribution in [0.4, 0.5) is 0 Å². The summed E-state index contributed by atoms with van der Waals surface area (Å²) in [5, 5.41) is 4.08. The molecule has 4 nitrogen and oxygen atoms in total.